The number of nitrogens with zero attached hydrogens (tertiary/aromatic N) is 3. The Morgan fingerprint density at radius 3 is 2.79 bits per heavy atom. The van der Waals surface area contributed by atoms with Crippen molar-refractivity contribution < 1.29 is 4.74 Å². The van der Waals surface area contributed by atoms with Gasteiger partial charge in [-0.1, -0.05) is 6.08 Å². The number of pyridine rings is 1. The maximum atomic E-state index is 8.23. The fourth-order valence-corrected chi connectivity index (χ4v) is 2.49. The lowest BCUT2D eigenvalue weighted by Gasteiger charge is -2.16. The number of hydrogen-bond acceptors (Lipinski definition) is 6. The summed E-state index contributed by atoms with van der Waals surface area (Å²) in [6.07, 6.45) is 10.5. The molecule has 1 aliphatic carbocycles. The third kappa shape index (κ3) is 3.08. The number of ether oxygens (including phenoxy) is 1. The second-order valence-corrected chi connectivity index (χ2v) is 5.34. The van der Waals surface area contributed by atoms with Gasteiger partial charge >= 0.3 is 0 Å². The molecule has 0 fully saturated rings. The standard InChI is InChI=1S/C18H17N5O/c1-11-7-13(10-21-9-11)17(24-2)14-8-12(3-4-15(14)19)16-5-6-22-18(20)23-16/h3-10,19H,1-2H3,(H2,20,22,23)/b17-14-,19-15?. The molecule has 2 aromatic heterocycles. The third-order valence-corrected chi connectivity index (χ3v) is 3.58. The van der Waals surface area contributed by atoms with Crippen molar-refractivity contribution in [2.45, 2.75) is 6.92 Å². The predicted octanol–water partition coefficient (Wildman–Crippen LogP) is 2.79. The lowest BCUT2D eigenvalue weighted by atomic mass is 9.95. The summed E-state index contributed by atoms with van der Waals surface area (Å²) in [6, 6.07) is 3.75. The van der Waals surface area contributed by atoms with Crippen molar-refractivity contribution in [3.63, 3.8) is 0 Å². The average Bonchev–Trinajstić information content (AvgIpc) is 2.57. The van der Waals surface area contributed by atoms with Crippen molar-refractivity contribution in [3.05, 3.63) is 71.3 Å². The molecule has 6 heteroatoms. The number of methoxy groups -OCH3 is 1. The highest BCUT2D eigenvalue weighted by Gasteiger charge is 2.17. The second-order valence-electron chi connectivity index (χ2n) is 5.34. The molecule has 1 aliphatic rings. The quantitative estimate of drug-likeness (QED) is 0.848. The fraction of sp³-hybridized carbons (Fsp3) is 0.111. The van der Waals surface area contributed by atoms with Crippen LogP contribution in [0.4, 0.5) is 5.95 Å². The molecule has 0 unspecified atom stereocenters. The van der Waals surface area contributed by atoms with Crippen LogP contribution in [0.3, 0.4) is 0 Å². The summed E-state index contributed by atoms with van der Waals surface area (Å²) in [6.45, 7) is 1.96. The maximum Gasteiger partial charge on any atom is 0.220 e. The van der Waals surface area contributed by atoms with E-state index in [4.69, 9.17) is 15.9 Å². The Balaban J connectivity index is 2.13. The van der Waals surface area contributed by atoms with Crippen LogP contribution >= 0.6 is 0 Å². The van der Waals surface area contributed by atoms with E-state index in [1.54, 1.807) is 37.8 Å². The Hall–Kier alpha value is -3.28. The van der Waals surface area contributed by atoms with Gasteiger partial charge in [0.1, 0.15) is 5.76 Å². The van der Waals surface area contributed by atoms with Gasteiger partial charge in [-0.3, -0.25) is 4.98 Å². The highest BCUT2D eigenvalue weighted by Crippen LogP contribution is 2.28. The number of rotatable bonds is 3. The Morgan fingerprint density at radius 2 is 2.08 bits per heavy atom. The van der Waals surface area contributed by atoms with Crippen LogP contribution in [0.15, 0.2) is 54.5 Å². The van der Waals surface area contributed by atoms with Crippen molar-refractivity contribution in [2.24, 2.45) is 0 Å². The molecule has 0 atom stereocenters. The molecule has 24 heavy (non-hydrogen) atoms. The number of aryl methyl sites for hydroxylation is 1. The molecule has 0 bridgehead atoms. The van der Waals surface area contributed by atoms with Gasteiger partial charge < -0.3 is 15.9 Å². The molecular formula is C18H17N5O. The smallest absolute Gasteiger partial charge is 0.220 e. The Morgan fingerprint density at radius 1 is 1.25 bits per heavy atom. The zero-order valence-corrected chi connectivity index (χ0v) is 13.4. The summed E-state index contributed by atoms with van der Waals surface area (Å²) in [5.74, 6) is 0.808. The average molecular weight is 319 g/mol. The first-order valence-electron chi connectivity index (χ1n) is 7.36. The van der Waals surface area contributed by atoms with E-state index in [0.717, 1.165) is 16.7 Å². The molecule has 6 nitrogen and oxygen atoms in total. The topological polar surface area (TPSA) is 97.8 Å². The molecule has 0 saturated heterocycles. The first kappa shape index (κ1) is 15.6. The SMILES string of the molecule is CO/C(=C1/C=C(c2ccnc(N)n2)C=CC1=N)c1cncc(C)c1. The van der Waals surface area contributed by atoms with E-state index in [0.29, 0.717) is 22.7 Å². The zero-order valence-electron chi connectivity index (χ0n) is 13.4. The first-order valence-corrected chi connectivity index (χ1v) is 7.36. The predicted molar refractivity (Wildman–Crippen MR) is 94.2 cm³/mol. The third-order valence-electron chi connectivity index (χ3n) is 3.58. The molecule has 0 spiro atoms. The van der Waals surface area contributed by atoms with Crippen LogP contribution in [-0.4, -0.2) is 27.8 Å². The largest absolute Gasteiger partial charge is 0.495 e. The van der Waals surface area contributed by atoms with Gasteiger partial charge in [0.05, 0.1) is 18.5 Å². The van der Waals surface area contributed by atoms with Gasteiger partial charge in [0.2, 0.25) is 5.95 Å². The van der Waals surface area contributed by atoms with E-state index in [2.05, 4.69) is 15.0 Å². The zero-order chi connectivity index (χ0) is 17.1. The van der Waals surface area contributed by atoms with Crippen molar-refractivity contribution in [3.8, 4) is 0 Å². The van der Waals surface area contributed by atoms with Gasteiger partial charge in [0.15, 0.2) is 0 Å². The van der Waals surface area contributed by atoms with E-state index in [1.165, 1.54) is 0 Å². The summed E-state index contributed by atoms with van der Waals surface area (Å²) in [7, 11) is 1.59. The van der Waals surface area contributed by atoms with Crippen LogP contribution in [0.5, 0.6) is 0 Å². The minimum absolute atomic E-state index is 0.211. The number of hydrogen-bond donors (Lipinski definition) is 2. The number of anilines is 1. The number of nitrogen functional groups attached to an aromatic ring is 1. The van der Waals surface area contributed by atoms with Crippen molar-refractivity contribution in [1.82, 2.24) is 15.0 Å². The molecule has 0 radical (unpaired) electrons. The van der Waals surface area contributed by atoms with E-state index in [1.807, 2.05) is 25.1 Å². The van der Waals surface area contributed by atoms with Gasteiger partial charge in [-0.25, -0.2) is 9.97 Å². The van der Waals surface area contributed by atoms with Gasteiger partial charge in [-0.05, 0) is 36.8 Å². The molecule has 3 N–H and O–H groups in total. The van der Waals surface area contributed by atoms with Crippen molar-refractivity contribution in [1.29, 1.82) is 5.41 Å². The van der Waals surface area contributed by atoms with Crippen LogP contribution in [0.1, 0.15) is 16.8 Å². The number of nitrogens with one attached hydrogen (secondary N) is 1. The highest BCUT2D eigenvalue weighted by atomic mass is 16.5. The van der Waals surface area contributed by atoms with Gasteiger partial charge in [-0.2, -0.15) is 0 Å². The Kier molecular flexibility index (Phi) is 4.20. The maximum absolute atomic E-state index is 8.23. The minimum Gasteiger partial charge on any atom is -0.495 e. The van der Waals surface area contributed by atoms with E-state index < -0.39 is 0 Å². The number of allylic oxidation sites excluding steroid dienone is 5. The van der Waals surface area contributed by atoms with Crippen LogP contribution in [0, 0.1) is 12.3 Å². The van der Waals surface area contributed by atoms with E-state index in [-0.39, 0.29) is 5.95 Å². The second kappa shape index (κ2) is 6.45. The molecule has 0 amide bonds. The molecule has 0 aliphatic heterocycles. The number of aromatic nitrogens is 3. The molecule has 2 heterocycles. The monoisotopic (exact) mass is 319 g/mol. The lowest BCUT2D eigenvalue weighted by molar-refractivity contribution is 0.368. The van der Waals surface area contributed by atoms with Gasteiger partial charge in [0, 0.05) is 35.3 Å². The molecule has 3 rings (SSSR count). The molecular weight excluding hydrogens is 302 g/mol. The van der Waals surface area contributed by atoms with E-state index >= 15 is 0 Å². The van der Waals surface area contributed by atoms with Crippen LogP contribution in [0.2, 0.25) is 0 Å². The van der Waals surface area contributed by atoms with Crippen molar-refractivity contribution in [2.75, 3.05) is 12.8 Å². The van der Waals surface area contributed by atoms with Crippen molar-refractivity contribution >= 4 is 23.0 Å². The first-order chi connectivity index (χ1) is 11.6. The summed E-state index contributed by atoms with van der Waals surface area (Å²) >= 11 is 0. The molecule has 0 aromatic carbocycles. The molecule has 120 valence electrons. The lowest BCUT2D eigenvalue weighted by Crippen LogP contribution is -2.07. The fourth-order valence-electron chi connectivity index (χ4n) is 2.49. The summed E-state index contributed by atoms with van der Waals surface area (Å²) < 4.78 is 5.57. The molecule has 2 aromatic rings. The van der Waals surface area contributed by atoms with Gasteiger partial charge in [0.25, 0.3) is 0 Å². The Bertz CT molecular complexity index is 896. The number of nitrogens with two attached hydrogens (primary N) is 1. The minimum atomic E-state index is 0.211. The van der Waals surface area contributed by atoms with E-state index in [9.17, 15) is 0 Å². The molecule has 0 saturated carbocycles. The summed E-state index contributed by atoms with van der Waals surface area (Å²) in [5.41, 5.74) is 10.1. The normalized spacial score (nSPS) is 15.9. The summed E-state index contributed by atoms with van der Waals surface area (Å²) in [4.78, 5) is 12.3. The summed E-state index contributed by atoms with van der Waals surface area (Å²) in [5, 5.41) is 8.23. The van der Waals surface area contributed by atoms with Crippen LogP contribution < -0.4 is 5.73 Å². The Labute approximate surface area is 139 Å². The highest BCUT2D eigenvalue weighted by molar-refractivity contribution is 6.16. The van der Waals surface area contributed by atoms with Crippen LogP contribution in [0.25, 0.3) is 11.3 Å². The van der Waals surface area contributed by atoms with Gasteiger partial charge in [-0.15, -0.1) is 0 Å². The van der Waals surface area contributed by atoms with Crippen LogP contribution in [-0.2, 0) is 4.74 Å².